The fraction of sp³-hybridized carbons (Fsp3) is 0.250. The third kappa shape index (κ3) is 4.49. The van der Waals surface area contributed by atoms with Crippen LogP contribution in [0.1, 0.15) is 13.3 Å². The van der Waals surface area contributed by atoms with E-state index in [0.717, 1.165) is 17.2 Å². The van der Waals surface area contributed by atoms with E-state index in [-0.39, 0.29) is 12.5 Å². The Labute approximate surface area is 123 Å². The van der Waals surface area contributed by atoms with Gasteiger partial charge in [-0.25, -0.2) is 4.79 Å². The Balaban J connectivity index is 1.88. The number of hydrogen-bond acceptors (Lipinski definition) is 2. The van der Waals surface area contributed by atoms with Crippen molar-refractivity contribution in [3.63, 3.8) is 0 Å². The molecule has 0 aliphatic carbocycles. The Bertz CT molecular complexity index is 640. The zero-order chi connectivity index (χ0) is 15.1. The summed E-state index contributed by atoms with van der Waals surface area (Å²) in [6.45, 7) is 2.56. The molecule has 0 saturated heterocycles. The van der Waals surface area contributed by atoms with E-state index in [1.807, 2.05) is 49.4 Å². The predicted molar refractivity (Wildman–Crippen MR) is 84.3 cm³/mol. The molecule has 0 aliphatic rings. The maximum atomic E-state index is 11.7. The van der Waals surface area contributed by atoms with E-state index in [4.69, 9.17) is 0 Å². The monoisotopic (exact) mass is 285 g/mol. The maximum Gasteiger partial charge on any atom is 0.319 e. The fourth-order valence-electron chi connectivity index (χ4n) is 1.93. The first-order valence-electron chi connectivity index (χ1n) is 6.99. The Kier molecular flexibility index (Phi) is 5.15. The second-order valence-corrected chi connectivity index (χ2v) is 4.72. The quantitative estimate of drug-likeness (QED) is 0.790. The van der Waals surface area contributed by atoms with Crippen molar-refractivity contribution in [1.29, 1.82) is 0 Å². The van der Waals surface area contributed by atoms with Crippen LogP contribution in [0.4, 0.5) is 10.5 Å². The number of carbonyl (C=O) groups is 2. The molecule has 0 unspecified atom stereocenters. The number of amides is 3. The van der Waals surface area contributed by atoms with Crippen LogP contribution >= 0.6 is 0 Å². The van der Waals surface area contributed by atoms with Crippen LogP contribution in [0, 0.1) is 0 Å². The van der Waals surface area contributed by atoms with E-state index in [2.05, 4.69) is 16.0 Å². The highest BCUT2D eigenvalue weighted by Gasteiger charge is 2.05. The van der Waals surface area contributed by atoms with Crippen molar-refractivity contribution in [2.45, 2.75) is 13.3 Å². The molecule has 0 heterocycles. The summed E-state index contributed by atoms with van der Waals surface area (Å²) in [4.78, 5) is 23.1. The van der Waals surface area contributed by atoms with Crippen LogP contribution in [-0.4, -0.2) is 25.0 Å². The standard InChI is InChI=1S/C16H19N3O2/c1-2-9-17-15(20)11-18-16(21)19-14-8-7-12-5-3-4-6-13(12)10-14/h3-8,10H,2,9,11H2,1H3,(H,17,20)(H2,18,19,21). The molecule has 5 heteroatoms. The molecule has 2 aromatic rings. The van der Waals surface area contributed by atoms with Gasteiger partial charge in [-0.15, -0.1) is 0 Å². The molecule has 0 radical (unpaired) electrons. The average molecular weight is 285 g/mol. The molecule has 2 aromatic carbocycles. The topological polar surface area (TPSA) is 70.2 Å². The van der Waals surface area contributed by atoms with Crippen LogP contribution < -0.4 is 16.0 Å². The first-order valence-corrected chi connectivity index (χ1v) is 6.99. The third-order valence-corrected chi connectivity index (χ3v) is 2.99. The van der Waals surface area contributed by atoms with E-state index < -0.39 is 6.03 Å². The van der Waals surface area contributed by atoms with E-state index in [9.17, 15) is 9.59 Å². The van der Waals surface area contributed by atoms with Gasteiger partial charge in [0.05, 0.1) is 6.54 Å². The lowest BCUT2D eigenvalue weighted by Gasteiger charge is -2.08. The minimum absolute atomic E-state index is 0.0284. The number of urea groups is 1. The van der Waals surface area contributed by atoms with Gasteiger partial charge in [-0.2, -0.15) is 0 Å². The molecular weight excluding hydrogens is 266 g/mol. The highest BCUT2D eigenvalue weighted by Crippen LogP contribution is 2.18. The second kappa shape index (κ2) is 7.28. The van der Waals surface area contributed by atoms with Gasteiger partial charge in [0, 0.05) is 12.2 Å². The van der Waals surface area contributed by atoms with Gasteiger partial charge >= 0.3 is 6.03 Å². The van der Waals surface area contributed by atoms with Crippen molar-refractivity contribution in [1.82, 2.24) is 10.6 Å². The lowest BCUT2D eigenvalue weighted by atomic mass is 10.1. The first-order chi connectivity index (χ1) is 10.2. The molecular formula is C16H19N3O2. The van der Waals surface area contributed by atoms with Gasteiger partial charge in [0.15, 0.2) is 0 Å². The van der Waals surface area contributed by atoms with Crippen molar-refractivity contribution in [2.75, 3.05) is 18.4 Å². The van der Waals surface area contributed by atoms with Crippen LogP contribution in [0.2, 0.25) is 0 Å². The molecule has 0 fully saturated rings. The summed E-state index contributed by atoms with van der Waals surface area (Å²) in [6, 6.07) is 13.2. The lowest BCUT2D eigenvalue weighted by Crippen LogP contribution is -2.39. The van der Waals surface area contributed by atoms with E-state index in [1.165, 1.54) is 0 Å². The Morgan fingerprint density at radius 3 is 2.52 bits per heavy atom. The second-order valence-electron chi connectivity index (χ2n) is 4.72. The summed E-state index contributed by atoms with van der Waals surface area (Å²) in [5.41, 5.74) is 0.695. The van der Waals surface area contributed by atoms with Crippen molar-refractivity contribution in [3.8, 4) is 0 Å². The molecule has 0 aromatic heterocycles. The molecule has 3 N–H and O–H groups in total. The molecule has 0 aliphatic heterocycles. The number of carbonyl (C=O) groups excluding carboxylic acids is 2. The van der Waals surface area contributed by atoms with Crippen LogP contribution in [0.25, 0.3) is 10.8 Å². The Hall–Kier alpha value is -2.56. The van der Waals surface area contributed by atoms with Gasteiger partial charge in [0.1, 0.15) is 0 Å². The summed E-state index contributed by atoms with van der Waals surface area (Å²) in [5.74, 6) is -0.189. The normalized spacial score (nSPS) is 10.1. The van der Waals surface area contributed by atoms with E-state index >= 15 is 0 Å². The number of benzene rings is 2. The first kappa shape index (κ1) is 14.8. The highest BCUT2D eigenvalue weighted by atomic mass is 16.2. The molecule has 110 valence electrons. The van der Waals surface area contributed by atoms with Gasteiger partial charge in [-0.1, -0.05) is 37.3 Å². The maximum absolute atomic E-state index is 11.7. The van der Waals surface area contributed by atoms with Crippen molar-refractivity contribution in [2.24, 2.45) is 0 Å². The summed E-state index contributed by atoms with van der Waals surface area (Å²) in [5, 5.41) is 10.1. The van der Waals surface area contributed by atoms with Crippen LogP contribution in [-0.2, 0) is 4.79 Å². The van der Waals surface area contributed by atoms with E-state index in [0.29, 0.717) is 12.2 Å². The summed E-state index contributed by atoms with van der Waals surface area (Å²) >= 11 is 0. The minimum Gasteiger partial charge on any atom is -0.355 e. The molecule has 0 bridgehead atoms. The van der Waals surface area contributed by atoms with Crippen molar-refractivity contribution < 1.29 is 9.59 Å². The zero-order valence-corrected chi connectivity index (χ0v) is 12.0. The molecule has 3 amide bonds. The molecule has 0 spiro atoms. The number of anilines is 1. The summed E-state index contributed by atoms with van der Waals surface area (Å²) in [6.07, 6.45) is 0.870. The average Bonchev–Trinajstić information content (AvgIpc) is 2.50. The molecule has 21 heavy (non-hydrogen) atoms. The molecule has 5 nitrogen and oxygen atoms in total. The minimum atomic E-state index is -0.392. The van der Waals surface area contributed by atoms with Crippen LogP contribution in [0.15, 0.2) is 42.5 Å². The molecule has 0 saturated carbocycles. The van der Waals surface area contributed by atoms with Gasteiger partial charge in [-0.3, -0.25) is 4.79 Å². The van der Waals surface area contributed by atoms with Gasteiger partial charge in [-0.05, 0) is 29.3 Å². The van der Waals surface area contributed by atoms with Gasteiger partial charge < -0.3 is 16.0 Å². The zero-order valence-electron chi connectivity index (χ0n) is 12.0. The number of nitrogens with one attached hydrogen (secondary N) is 3. The SMILES string of the molecule is CCCNC(=O)CNC(=O)Nc1ccc2ccccc2c1. The van der Waals surface area contributed by atoms with Crippen LogP contribution in [0.3, 0.4) is 0 Å². The summed E-state index contributed by atoms with van der Waals surface area (Å²) < 4.78 is 0. The van der Waals surface area contributed by atoms with Crippen molar-refractivity contribution in [3.05, 3.63) is 42.5 Å². The highest BCUT2D eigenvalue weighted by molar-refractivity contribution is 5.95. The molecule has 2 rings (SSSR count). The Morgan fingerprint density at radius 2 is 1.76 bits per heavy atom. The lowest BCUT2D eigenvalue weighted by molar-refractivity contribution is -0.120. The number of rotatable bonds is 5. The fourth-order valence-corrected chi connectivity index (χ4v) is 1.93. The number of fused-ring (bicyclic) bond motifs is 1. The smallest absolute Gasteiger partial charge is 0.319 e. The number of hydrogen-bond donors (Lipinski definition) is 3. The van der Waals surface area contributed by atoms with Crippen molar-refractivity contribution >= 4 is 28.4 Å². The third-order valence-electron chi connectivity index (χ3n) is 2.99. The van der Waals surface area contributed by atoms with E-state index in [1.54, 1.807) is 0 Å². The molecule has 0 atom stereocenters. The van der Waals surface area contributed by atoms with Gasteiger partial charge in [0.25, 0.3) is 0 Å². The van der Waals surface area contributed by atoms with Crippen LogP contribution in [0.5, 0.6) is 0 Å². The van der Waals surface area contributed by atoms with Gasteiger partial charge in [0.2, 0.25) is 5.91 Å². The Morgan fingerprint density at radius 1 is 1.00 bits per heavy atom. The largest absolute Gasteiger partial charge is 0.355 e. The predicted octanol–water partition coefficient (Wildman–Crippen LogP) is 2.49. The summed E-state index contributed by atoms with van der Waals surface area (Å²) in [7, 11) is 0.